The number of aromatic amines is 1. The number of methoxy groups -OCH3 is 1. The molecule has 0 amide bonds. The molecule has 0 bridgehead atoms. The van der Waals surface area contributed by atoms with Gasteiger partial charge in [-0.1, -0.05) is 48.0 Å². The molecule has 1 aliphatic rings. The van der Waals surface area contributed by atoms with Crippen LogP contribution in [0.3, 0.4) is 0 Å². The third-order valence-electron chi connectivity index (χ3n) is 3.53. The predicted molar refractivity (Wildman–Crippen MR) is 96.2 cm³/mol. The Bertz CT molecular complexity index is 795. The Balaban J connectivity index is 1.73. The van der Waals surface area contributed by atoms with Crippen LogP contribution in [0.5, 0.6) is 5.75 Å². The Morgan fingerprint density at radius 2 is 1.96 bits per heavy atom. The molecule has 0 aliphatic heterocycles. The van der Waals surface area contributed by atoms with Crippen molar-refractivity contribution in [2.75, 3.05) is 7.11 Å². The van der Waals surface area contributed by atoms with E-state index in [0.717, 1.165) is 39.9 Å². The first-order chi connectivity index (χ1) is 11.2. The Kier molecular flexibility index (Phi) is 4.79. The molecule has 1 aromatic heterocycles. The molecular weight excluding hydrogens is 308 g/mol. The van der Waals surface area contributed by atoms with E-state index in [0.29, 0.717) is 0 Å². The molecule has 0 radical (unpaired) electrons. The number of allylic oxidation sites excluding steroid dienone is 6. The number of aromatic nitrogens is 2. The van der Waals surface area contributed by atoms with Crippen molar-refractivity contribution in [3.63, 3.8) is 0 Å². The minimum Gasteiger partial charge on any atom is -0.497 e. The van der Waals surface area contributed by atoms with Gasteiger partial charge in [-0.3, -0.25) is 0 Å². The van der Waals surface area contributed by atoms with Crippen molar-refractivity contribution < 1.29 is 4.74 Å². The summed E-state index contributed by atoms with van der Waals surface area (Å²) in [6, 6.07) is 7.88. The predicted octanol–water partition coefficient (Wildman–Crippen LogP) is 5.05. The van der Waals surface area contributed by atoms with E-state index in [2.05, 4.69) is 16.0 Å². The number of hydrogen-bond acceptors (Lipinski definition) is 2. The minimum absolute atomic E-state index is 0.760. The molecule has 23 heavy (non-hydrogen) atoms. The maximum Gasteiger partial charge on any atom is 0.130 e. The Morgan fingerprint density at radius 1 is 1.13 bits per heavy atom. The number of H-pyrrole nitrogens is 1. The zero-order valence-electron chi connectivity index (χ0n) is 12.8. The van der Waals surface area contributed by atoms with Gasteiger partial charge in [-0.2, -0.15) is 0 Å². The van der Waals surface area contributed by atoms with Crippen molar-refractivity contribution in [1.29, 1.82) is 0 Å². The molecule has 2 aromatic rings. The SMILES string of the molecule is COc1ccc(/C=C/c2ncc(C3=CCC=C(Cl)C=C3)[nH]2)cc1. The molecular formula is C19H17ClN2O. The summed E-state index contributed by atoms with van der Waals surface area (Å²) in [5.41, 5.74) is 3.16. The van der Waals surface area contributed by atoms with Crippen molar-refractivity contribution in [2.24, 2.45) is 0 Å². The van der Waals surface area contributed by atoms with Crippen LogP contribution in [-0.4, -0.2) is 17.1 Å². The number of nitrogens with zero attached hydrogens (tertiary/aromatic N) is 1. The van der Waals surface area contributed by atoms with Gasteiger partial charge in [0.05, 0.1) is 19.0 Å². The normalized spacial score (nSPS) is 14.5. The van der Waals surface area contributed by atoms with Gasteiger partial charge in [0.2, 0.25) is 0 Å². The average molecular weight is 325 g/mol. The summed E-state index contributed by atoms with van der Waals surface area (Å²) in [7, 11) is 1.66. The lowest BCUT2D eigenvalue weighted by Gasteiger charge is -1.98. The number of benzene rings is 1. The summed E-state index contributed by atoms with van der Waals surface area (Å²) >= 11 is 6.01. The first-order valence-electron chi connectivity index (χ1n) is 7.36. The molecule has 0 saturated carbocycles. The molecule has 0 fully saturated rings. The fourth-order valence-corrected chi connectivity index (χ4v) is 2.41. The van der Waals surface area contributed by atoms with Gasteiger partial charge < -0.3 is 9.72 Å². The van der Waals surface area contributed by atoms with Gasteiger partial charge in [0.15, 0.2) is 0 Å². The van der Waals surface area contributed by atoms with Crippen molar-refractivity contribution in [3.05, 3.63) is 76.9 Å². The molecule has 1 aromatic carbocycles. The van der Waals surface area contributed by atoms with E-state index in [1.165, 1.54) is 0 Å². The van der Waals surface area contributed by atoms with Gasteiger partial charge >= 0.3 is 0 Å². The zero-order chi connectivity index (χ0) is 16.1. The third-order valence-corrected chi connectivity index (χ3v) is 3.81. The highest BCUT2D eigenvalue weighted by Crippen LogP contribution is 2.21. The lowest BCUT2D eigenvalue weighted by molar-refractivity contribution is 0.415. The molecule has 4 heteroatoms. The van der Waals surface area contributed by atoms with Gasteiger partial charge in [0.25, 0.3) is 0 Å². The van der Waals surface area contributed by atoms with E-state index in [1.807, 2.05) is 60.8 Å². The van der Waals surface area contributed by atoms with Crippen LogP contribution in [0, 0.1) is 0 Å². The number of imidazole rings is 1. The molecule has 0 saturated heterocycles. The van der Waals surface area contributed by atoms with Crippen LogP contribution in [-0.2, 0) is 0 Å². The molecule has 0 spiro atoms. The summed E-state index contributed by atoms with van der Waals surface area (Å²) in [6.45, 7) is 0. The van der Waals surface area contributed by atoms with Crippen molar-refractivity contribution in [2.45, 2.75) is 6.42 Å². The van der Waals surface area contributed by atoms with E-state index in [-0.39, 0.29) is 0 Å². The lowest BCUT2D eigenvalue weighted by atomic mass is 10.1. The Hall–Kier alpha value is -2.52. The number of nitrogens with one attached hydrogen (secondary N) is 1. The summed E-state index contributed by atoms with van der Waals surface area (Å²) in [6.07, 6.45) is 14.6. The van der Waals surface area contributed by atoms with Crippen LogP contribution in [0.15, 0.2) is 59.8 Å². The standard InChI is InChI=1S/C19H17ClN2O/c1-23-17-10-5-14(6-11-17)7-12-19-21-13-18(22-19)15-3-2-4-16(20)9-8-15/h3-13H,2H2,1H3,(H,21,22)/b12-7+. The lowest BCUT2D eigenvalue weighted by Crippen LogP contribution is -1.82. The molecule has 3 rings (SSSR count). The van der Waals surface area contributed by atoms with Crippen molar-refractivity contribution >= 4 is 29.3 Å². The topological polar surface area (TPSA) is 37.9 Å². The summed E-state index contributed by atoms with van der Waals surface area (Å²) in [4.78, 5) is 7.71. The monoisotopic (exact) mass is 324 g/mol. The van der Waals surface area contributed by atoms with Crippen LogP contribution >= 0.6 is 11.6 Å². The minimum atomic E-state index is 0.760. The molecule has 0 unspecified atom stereocenters. The first kappa shape index (κ1) is 15.4. The number of halogens is 1. The molecule has 1 heterocycles. The first-order valence-corrected chi connectivity index (χ1v) is 7.74. The van der Waals surface area contributed by atoms with Crippen molar-refractivity contribution in [1.82, 2.24) is 9.97 Å². The van der Waals surface area contributed by atoms with E-state index in [9.17, 15) is 0 Å². The largest absolute Gasteiger partial charge is 0.497 e. The summed E-state index contributed by atoms with van der Waals surface area (Å²) in [5.74, 6) is 1.66. The Morgan fingerprint density at radius 3 is 2.74 bits per heavy atom. The highest BCUT2D eigenvalue weighted by atomic mass is 35.5. The highest BCUT2D eigenvalue weighted by Gasteiger charge is 2.04. The van der Waals surface area contributed by atoms with E-state index < -0.39 is 0 Å². The maximum absolute atomic E-state index is 6.01. The zero-order valence-corrected chi connectivity index (χ0v) is 13.5. The Labute approximate surface area is 140 Å². The van der Waals surface area contributed by atoms with Crippen LogP contribution in [0.4, 0.5) is 0 Å². The fraction of sp³-hybridized carbons (Fsp3) is 0.105. The average Bonchev–Trinajstić information content (AvgIpc) is 2.95. The molecule has 116 valence electrons. The van der Waals surface area contributed by atoms with E-state index in [1.54, 1.807) is 7.11 Å². The molecule has 1 N–H and O–H groups in total. The smallest absolute Gasteiger partial charge is 0.130 e. The maximum atomic E-state index is 6.01. The summed E-state index contributed by atoms with van der Waals surface area (Å²) < 4.78 is 5.15. The second kappa shape index (κ2) is 7.16. The van der Waals surface area contributed by atoms with Gasteiger partial charge in [0, 0.05) is 5.03 Å². The van der Waals surface area contributed by atoms with Crippen LogP contribution in [0.2, 0.25) is 0 Å². The fourth-order valence-electron chi connectivity index (χ4n) is 2.26. The second-order valence-corrected chi connectivity index (χ2v) is 5.54. The van der Waals surface area contributed by atoms with Crippen LogP contribution in [0.1, 0.15) is 23.5 Å². The van der Waals surface area contributed by atoms with Crippen molar-refractivity contribution in [3.8, 4) is 5.75 Å². The van der Waals surface area contributed by atoms with Gasteiger partial charge in [0.1, 0.15) is 11.6 Å². The number of hydrogen-bond donors (Lipinski definition) is 1. The van der Waals surface area contributed by atoms with Crippen LogP contribution in [0.25, 0.3) is 17.7 Å². The van der Waals surface area contributed by atoms with E-state index in [4.69, 9.17) is 16.3 Å². The molecule has 3 nitrogen and oxygen atoms in total. The van der Waals surface area contributed by atoms with E-state index >= 15 is 0 Å². The highest BCUT2D eigenvalue weighted by molar-refractivity contribution is 6.31. The van der Waals surface area contributed by atoms with Crippen LogP contribution < -0.4 is 4.74 Å². The molecule has 0 atom stereocenters. The van der Waals surface area contributed by atoms with Gasteiger partial charge in [-0.15, -0.1) is 0 Å². The van der Waals surface area contributed by atoms with Gasteiger partial charge in [-0.05, 0) is 41.8 Å². The molecule has 1 aliphatic carbocycles. The second-order valence-electron chi connectivity index (χ2n) is 5.11. The van der Waals surface area contributed by atoms with Gasteiger partial charge in [-0.25, -0.2) is 4.98 Å². The quantitative estimate of drug-likeness (QED) is 0.854. The third kappa shape index (κ3) is 4.02. The summed E-state index contributed by atoms with van der Waals surface area (Å²) in [5, 5.41) is 0.760. The number of rotatable bonds is 4. The number of ether oxygens (including phenoxy) is 1.